The third kappa shape index (κ3) is 2.97. The van der Waals surface area contributed by atoms with Crippen molar-refractivity contribution in [3.63, 3.8) is 0 Å². The molecule has 6 nitrogen and oxygen atoms in total. The van der Waals surface area contributed by atoms with Gasteiger partial charge in [0.25, 0.3) is 5.91 Å². The molecule has 0 aliphatic rings. The number of aromatic amines is 1. The van der Waals surface area contributed by atoms with E-state index in [1.165, 1.54) is 6.20 Å². The molecule has 1 rings (SSSR count). The molecular weight excluding hydrogens is 220 g/mol. The average Bonchev–Trinajstić information content (AvgIpc) is 2.75. The Kier molecular flexibility index (Phi) is 4.96. The van der Waals surface area contributed by atoms with Crippen molar-refractivity contribution >= 4 is 11.7 Å². The molecule has 96 valence electrons. The van der Waals surface area contributed by atoms with Crippen molar-refractivity contribution in [2.45, 2.75) is 32.7 Å². The quantitative estimate of drug-likeness (QED) is 0.679. The Morgan fingerprint density at radius 1 is 1.59 bits per heavy atom. The topological polar surface area (TPSA) is 95.2 Å². The van der Waals surface area contributed by atoms with Gasteiger partial charge in [-0.05, 0) is 12.8 Å². The molecule has 1 aromatic heterocycles. The maximum Gasteiger partial charge on any atom is 0.259 e. The number of carbonyl (C=O) groups is 1. The first-order chi connectivity index (χ1) is 8.15. The normalized spacial score (nSPS) is 10.8. The molecule has 0 saturated carbocycles. The zero-order valence-corrected chi connectivity index (χ0v) is 10.3. The molecule has 0 radical (unpaired) electrons. The molecule has 6 heteroatoms. The molecule has 0 atom stereocenters. The fraction of sp³-hybridized carbons (Fsp3) is 0.636. The van der Waals surface area contributed by atoms with Crippen molar-refractivity contribution in [3.8, 4) is 0 Å². The van der Waals surface area contributed by atoms with Crippen LogP contribution in [0.2, 0.25) is 0 Å². The summed E-state index contributed by atoms with van der Waals surface area (Å²) in [4.78, 5) is 13.9. The number of amides is 1. The van der Waals surface area contributed by atoms with Crippen LogP contribution < -0.4 is 5.73 Å². The van der Waals surface area contributed by atoms with Crippen LogP contribution in [-0.4, -0.2) is 45.3 Å². The van der Waals surface area contributed by atoms with Gasteiger partial charge in [0.05, 0.1) is 12.8 Å². The minimum absolute atomic E-state index is 0.0556. The molecule has 0 aliphatic heterocycles. The first kappa shape index (κ1) is 13.5. The number of hydrogen-bond acceptors (Lipinski definition) is 4. The molecule has 1 aromatic rings. The third-order valence-electron chi connectivity index (χ3n) is 2.88. The van der Waals surface area contributed by atoms with E-state index >= 15 is 0 Å². The second kappa shape index (κ2) is 6.24. The number of nitrogens with zero attached hydrogens (tertiary/aromatic N) is 2. The van der Waals surface area contributed by atoms with Gasteiger partial charge in [0.1, 0.15) is 11.4 Å². The summed E-state index contributed by atoms with van der Waals surface area (Å²) in [7, 11) is 0. The zero-order valence-electron chi connectivity index (χ0n) is 10.3. The summed E-state index contributed by atoms with van der Waals surface area (Å²) >= 11 is 0. The second-order valence-electron chi connectivity index (χ2n) is 3.89. The molecule has 4 N–H and O–H groups in total. The van der Waals surface area contributed by atoms with Gasteiger partial charge in [-0.3, -0.25) is 9.89 Å². The predicted molar refractivity (Wildman–Crippen MR) is 65.5 cm³/mol. The number of aromatic nitrogens is 2. The monoisotopic (exact) mass is 240 g/mol. The van der Waals surface area contributed by atoms with E-state index in [9.17, 15) is 4.79 Å². The predicted octanol–water partition coefficient (Wildman–Crippen LogP) is 0.615. The molecule has 0 fully saturated rings. The number of aliphatic hydroxyl groups is 1. The molecule has 1 heterocycles. The van der Waals surface area contributed by atoms with Gasteiger partial charge in [0, 0.05) is 12.6 Å². The highest BCUT2D eigenvalue weighted by atomic mass is 16.3. The van der Waals surface area contributed by atoms with E-state index in [2.05, 4.69) is 10.2 Å². The first-order valence-corrected chi connectivity index (χ1v) is 5.86. The number of rotatable bonds is 6. The van der Waals surface area contributed by atoms with Crippen LogP contribution in [0.5, 0.6) is 0 Å². The Labute approximate surface area is 101 Å². The summed E-state index contributed by atoms with van der Waals surface area (Å²) in [6, 6.07) is 0.115. The molecule has 0 aromatic carbocycles. The van der Waals surface area contributed by atoms with Crippen LogP contribution in [0.4, 0.5) is 5.82 Å². The van der Waals surface area contributed by atoms with E-state index in [1.807, 2.05) is 13.8 Å². The first-order valence-electron chi connectivity index (χ1n) is 5.86. The van der Waals surface area contributed by atoms with Crippen molar-refractivity contribution in [1.29, 1.82) is 0 Å². The highest BCUT2D eigenvalue weighted by Crippen LogP contribution is 2.15. The molecule has 0 unspecified atom stereocenters. The molecule has 0 saturated heterocycles. The maximum atomic E-state index is 12.3. The molecule has 0 bridgehead atoms. The summed E-state index contributed by atoms with van der Waals surface area (Å²) in [5.74, 6) is 0.0860. The summed E-state index contributed by atoms with van der Waals surface area (Å²) in [5.41, 5.74) is 6.00. The smallest absolute Gasteiger partial charge is 0.259 e. The average molecular weight is 240 g/mol. The lowest BCUT2D eigenvalue weighted by molar-refractivity contribution is 0.0623. The number of nitrogens with two attached hydrogens (primary N) is 1. The second-order valence-corrected chi connectivity index (χ2v) is 3.89. The number of aliphatic hydroxyl groups excluding tert-OH is 1. The molecule has 0 spiro atoms. The molecule has 17 heavy (non-hydrogen) atoms. The van der Waals surface area contributed by atoms with E-state index in [0.717, 1.165) is 12.8 Å². The lowest BCUT2D eigenvalue weighted by Crippen LogP contribution is -2.41. The number of nitrogen functional groups attached to an aromatic ring is 1. The Bertz CT molecular complexity index is 360. The standard InChI is InChI=1S/C11H20N4O2/c1-3-8(4-2)15(5-6-16)11(17)9-7-13-14-10(9)12/h7-8,16H,3-6H2,1-2H3,(H3,12,13,14). The van der Waals surface area contributed by atoms with E-state index in [-0.39, 0.29) is 24.4 Å². The van der Waals surface area contributed by atoms with Gasteiger partial charge in [0.2, 0.25) is 0 Å². The lowest BCUT2D eigenvalue weighted by Gasteiger charge is -2.29. The fourth-order valence-electron chi connectivity index (χ4n) is 1.91. The van der Waals surface area contributed by atoms with Gasteiger partial charge in [-0.25, -0.2) is 0 Å². The minimum Gasteiger partial charge on any atom is -0.395 e. The number of carbonyl (C=O) groups excluding carboxylic acids is 1. The largest absolute Gasteiger partial charge is 0.395 e. The van der Waals surface area contributed by atoms with Crippen LogP contribution in [0.15, 0.2) is 6.20 Å². The van der Waals surface area contributed by atoms with Crippen molar-refractivity contribution in [2.24, 2.45) is 0 Å². The zero-order chi connectivity index (χ0) is 12.8. The fourth-order valence-corrected chi connectivity index (χ4v) is 1.91. The molecule has 1 amide bonds. The third-order valence-corrected chi connectivity index (χ3v) is 2.88. The highest BCUT2D eigenvalue weighted by molar-refractivity contribution is 5.98. The van der Waals surface area contributed by atoms with Crippen LogP contribution in [0.1, 0.15) is 37.0 Å². The van der Waals surface area contributed by atoms with Crippen molar-refractivity contribution in [3.05, 3.63) is 11.8 Å². The highest BCUT2D eigenvalue weighted by Gasteiger charge is 2.24. The molecule has 0 aliphatic carbocycles. The van der Waals surface area contributed by atoms with Crippen LogP contribution in [0.25, 0.3) is 0 Å². The number of anilines is 1. The maximum absolute atomic E-state index is 12.3. The van der Waals surface area contributed by atoms with Gasteiger partial charge in [0.15, 0.2) is 0 Å². The summed E-state index contributed by atoms with van der Waals surface area (Å²) in [6.07, 6.45) is 3.12. The van der Waals surface area contributed by atoms with Gasteiger partial charge in [-0.2, -0.15) is 5.10 Å². The Morgan fingerprint density at radius 3 is 2.65 bits per heavy atom. The van der Waals surface area contributed by atoms with Crippen molar-refractivity contribution in [2.75, 3.05) is 18.9 Å². The van der Waals surface area contributed by atoms with Crippen LogP contribution >= 0.6 is 0 Å². The molecular formula is C11H20N4O2. The Balaban J connectivity index is 2.91. The van der Waals surface area contributed by atoms with Gasteiger partial charge in [-0.15, -0.1) is 0 Å². The van der Waals surface area contributed by atoms with Gasteiger partial charge < -0.3 is 15.7 Å². The Morgan fingerprint density at radius 2 is 2.24 bits per heavy atom. The van der Waals surface area contributed by atoms with E-state index in [1.54, 1.807) is 4.90 Å². The van der Waals surface area contributed by atoms with Gasteiger partial charge >= 0.3 is 0 Å². The summed E-state index contributed by atoms with van der Waals surface area (Å²) < 4.78 is 0. The van der Waals surface area contributed by atoms with Crippen LogP contribution in [0.3, 0.4) is 0 Å². The number of nitrogens with one attached hydrogen (secondary N) is 1. The van der Waals surface area contributed by atoms with E-state index in [4.69, 9.17) is 10.8 Å². The van der Waals surface area contributed by atoms with Crippen LogP contribution in [0, 0.1) is 0 Å². The number of H-pyrrole nitrogens is 1. The van der Waals surface area contributed by atoms with Gasteiger partial charge in [-0.1, -0.05) is 13.8 Å². The lowest BCUT2D eigenvalue weighted by atomic mass is 10.1. The Hall–Kier alpha value is -1.56. The number of hydrogen-bond donors (Lipinski definition) is 3. The summed E-state index contributed by atoms with van der Waals surface area (Å²) in [5, 5.41) is 15.3. The van der Waals surface area contributed by atoms with Crippen LogP contribution in [-0.2, 0) is 0 Å². The van der Waals surface area contributed by atoms with E-state index in [0.29, 0.717) is 12.1 Å². The van der Waals surface area contributed by atoms with E-state index < -0.39 is 0 Å². The van der Waals surface area contributed by atoms with Crippen molar-refractivity contribution in [1.82, 2.24) is 15.1 Å². The summed E-state index contributed by atoms with van der Waals surface area (Å²) in [6.45, 7) is 4.30. The minimum atomic E-state index is -0.181. The van der Waals surface area contributed by atoms with Crippen molar-refractivity contribution < 1.29 is 9.90 Å². The SMILES string of the molecule is CCC(CC)N(CCO)C(=O)c1cn[nH]c1N.